The first-order chi connectivity index (χ1) is 9.58. The maximum absolute atomic E-state index is 13.2. The van der Waals surface area contributed by atoms with Crippen LogP contribution in [0, 0.1) is 11.7 Å². The number of carbonyl (C=O) groups is 1. The fourth-order valence-corrected chi connectivity index (χ4v) is 2.73. The molecule has 2 rings (SSSR count). The summed E-state index contributed by atoms with van der Waals surface area (Å²) in [6.45, 7) is 2.14. The van der Waals surface area contributed by atoms with Crippen molar-refractivity contribution in [3.05, 3.63) is 35.6 Å². The van der Waals surface area contributed by atoms with Crippen LogP contribution in [0.2, 0.25) is 0 Å². The standard InChI is InChI=1S/C14H14F4O3/c1-7-10(8-3-5-9(15)6-4-8)11(12(19)20)21-13(7,2)14(16,17)18/h3-7,10-11H,1-2H3,(H,19,20)/t7-,10-,11+,13+/m0/s1. The molecule has 1 N–H and O–H groups in total. The van der Waals surface area contributed by atoms with Gasteiger partial charge in [-0.3, -0.25) is 0 Å². The van der Waals surface area contributed by atoms with Crippen LogP contribution >= 0.6 is 0 Å². The van der Waals surface area contributed by atoms with E-state index < -0.39 is 41.5 Å². The van der Waals surface area contributed by atoms with Gasteiger partial charge in [0.25, 0.3) is 0 Å². The number of rotatable bonds is 2. The molecule has 0 amide bonds. The summed E-state index contributed by atoms with van der Waals surface area (Å²) in [5, 5.41) is 9.15. The highest BCUT2D eigenvalue weighted by Gasteiger charge is 2.65. The first-order valence-electron chi connectivity index (χ1n) is 6.30. The van der Waals surface area contributed by atoms with Gasteiger partial charge in [0, 0.05) is 11.8 Å². The zero-order valence-corrected chi connectivity index (χ0v) is 11.3. The Balaban J connectivity index is 2.47. The largest absolute Gasteiger partial charge is 0.479 e. The Labute approximate surface area is 118 Å². The lowest BCUT2D eigenvalue weighted by atomic mass is 9.77. The minimum absolute atomic E-state index is 0.310. The fourth-order valence-electron chi connectivity index (χ4n) is 2.73. The number of hydrogen-bond donors (Lipinski definition) is 1. The van der Waals surface area contributed by atoms with E-state index in [-0.39, 0.29) is 0 Å². The zero-order chi connectivity index (χ0) is 16.0. The second-order valence-corrected chi connectivity index (χ2v) is 5.35. The molecule has 1 fully saturated rings. The van der Waals surface area contributed by atoms with Gasteiger partial charge in [-0.15, -0.1) is 0 Å². The smallest absolute Gasteiger partial charge is 0.417 e. The normalized spacial score (nSPS) is 33.1. The highest BCUT2D eigenvalue weighted by Crippen LogP contribution is 2.53. The van der Waals surface area contributed by atoms with E-state index in [1.54, 1.807) is 0 Å². The van der Waals surface area contributed by atoms with Gasteiger partial charge in [0.2, 0.25) is 0 Å². The Morgan fingerprint density at radius 2 is 1.81 bits per heavy atom. The highest BCUT2D eigenvalue weighted by molar-refractivity contribution is 5.74. The molecule has 0 spiro atoms. The zero-order valence-electron chi connectivity index (χ0n) is 11.3. The van der Waals surface area contributed by atoms with Gasteiger partial charge in [0.15, 0.2) is 11.7 Å². The van der Waals surface area contributed by atoms with Gasteiger partial charge in [0.05, 0.1) is 0 Å². The van der Waals surface area contributed by atoms with Crippen molar-refractivity contribution in [2.45, 2.75) is 37.6 Å². The van der Waals surface area contributed by atoms with E-state index in [1.165, 1.54) is 19.1 Å². The van der Waals surface area contributed by atoms with Crippen molar-refractivity contribution in [3.63, 3.8) is 0 Å². The molecule has 0 saturated carbocycles. The molecule has 1 aromatic rings. The highest BCUT2D eigenvalue weighted by atomic mass is 19.4. The number of benzene rings is 1. The number of halogens is 4. The van der Waals surface area contributed by atoms with Crippen LogP contribution in [0.5, 0.6) is 0 Å². The van der Waals surface area contributed by atoms with Gasteiger partial charge in [-0.25, -0.2) is 9.18 Å². The maximum atomic E-state index is 13.2. The van der Waals surface area contributed by atoms with Crippen LogP contribution in [0.15, 0.2) is 24.3 Å². The molecule has 1 aliphatic rings. The van der Waals surface area contributed by atoms with Crippen LogP contribution in [0.4, 0.5) is 17.6 Å². The lowest BCUT2D eigenvalue weighted by Crippen LogP contribution is -2.47. The number of carboxylic acids is 1. The minimum atomic E-state index is -4.70. The Kier molecular flexibility index (Phi) is 3.73. The van der Waals surface area contributed by atoms with Crippen molar-refractivity contribution in [2.75, 3.05) is 0 Å². The molecule has 0 radical (unpaired) electrons. The first-order valence-corrected chi connectivity index (χ1v) is 6.30. The van der Waals surface area contributed by atoms with E-state index in [2.05, 4.69) is 0 Å². The molecule has 7 heteroatoms. The van der Waals surface area contributed by atoms with Crippen molar-refractivity contribution in [1.29, 1.82) is 0 Å². The Hall–Kier alpha value is -1.63. The summed E-state index contributed by atoms with van der Waals surface area (Å²) < 4.78 is 57.4. The minimum Gasteiger partial charge on any atom is -0.479 e. The molecule has 116 valence electrons. The summed E-state index contributed by atoms with van der Waals surface area (Å²) in [5.41, 5.74) is -2.25. The quantitative estimate of drug-likeness (QED) is 0.852. The average molecular weight is 306 g/mol. The Morgan fingerprint density at radius 1 is 1.29 bits per heavy atom. The summed E-state index contributed by atoms with van der Waals surface area (Å²) in [6, 6.07) is 4.75. The molecular weight excluding hydrogens is 292 g/mol. The van der Waals surface area contributed by atoms with Gasteiger partial charge >= 0.3 is 12.1 Å². The van der Waals surface area contributed by atoms with Gasteiger partial charge in [-0.2, -0.15) is 13.2 Å². The van der Waals surface area contributed by atoms with E-state index in [0.717, 1.165) is 19.1 Å². The van der Waals surface area contributed by atoms with Gasteiger partial charge < -0.3 is 9.84 Å². The third kappa shape index (κ3) is 2.50. The second-order valence-electron chi connectivity index (χ2n) is 5.35. The Morgan fingerprint density at radius 3 is 2.24 bits per heavy atom. The van der Waals surface area contributed by atoms with E-state index in [0.29, 0.717) is 5.56 Å². The number of aliphatic carboxylic acids is 1. The van der Waals surface area contributed by atoms with Gasteiger partial charge in [-0.05, 0) is 24.6 Å². The SMILES string of the molecule is C[C@H]1[C@@H](c2ccc(F)cc2)[C@H](C(=O)O)O[C@@]1(C)C(F)(F)F. The summed E-state index contributed by atoms with van der Waals surface area (Å²) >= 11 is 0. The topological polar surface area (TPSA) is 46.5 Å². The molecule has 1 saturated heterocycles. The van der Waals surface area contributed by atoms with Crippen LogP contribution < -0.4 is 0 Å². The maximum Gasteiger partial charge on any atom is 0.417 e. The van der Waals surface area contributed by atoms with E-state index in [1.807, 2.05) is 0 Å². The summed E-state index contributed by atoms with van der Waals surface area (Å²) in [6.07, 6.45) is -6.33. The van der Waals surface area contributed by atoms with Crippen LogP contribution in [0.3, 0.4) is 0 Å². The van der Waals surface area contributed by atoms with Crippen molar-refractivity contribution in [1.82, 2.24) is 0 Å². The molecule has 1 aliphatic heterocycles. The van der Waals surface area contributed by atoms with Crippen molar-refractivity contribution in [2.24, 2.45) is 5.92 Å². The van der Waals surface area contributed by atoms with Gasteiger partial charge in [-0.1, -0.05) is 19.1 Å². The molecular formula is C14H14F4O3. The molecule has 0 aliphatic carbocycles. The van der Waals surface area contributed by atoms with Crippen LogP contribution in [0.25, 0.3) is 0 Å². The van der Waals surface area contributed by atoms with Crippen molar-refractivity contribution in [3.8, 4) is 0 Å². The monoisotopic (exact) mass is 306 g/mol. The summed E-state index contributed by atoms with van der Waals surface area (Å²) in [7, 11) is 0. The number of alkyl halides is 3. The van der Waals surface area contributed by atoms with E-state index in [9.17, 15) is 22.4 Å². The number of carboxylic acid groups (broad SMARTS) is 1. The van der Waals surface area contributed by atoms with E-state index >= 15 is 0 Å². The third-order valence-electron chi connectivity index (χ3n) is 4.17. The lowest BCUT2D eigenvalue weighted by Gasteiger charge is -2.31. The van der Waals surface area contributed by atoms with Crippen LogP contribution in [0.1, 0.15) is 25.3 Å². The molecule has 21 heavy (non-hydrogen) atoms. The van der Waals surface area contributed by atoms with Crippen LogP contribution in [-0.4, -0.2) is 29.0 Å². The second kappa shape index (κ2) is 4.98. The van der Waals surface area contributed by atoms with Gasteiger partial charge in [0.1, 0.15) is 5.82 Å². The van der Waals surface area contributed by atoms with E-state index in [4.69, 9.17) is 9.84 Å². The first kappa shape index (κ1) is 15.8. The van der Waals surface area contributed by atoms with Crippen LogP contribution in [-0.2, 0) is 9.53 Å². The van der Waals surface area contributed by atoms with Crippen molar-refractivity contribution >= 4 is 5.97 Å². The molecule has 3 nitrogen and oxygen atoms in total. The van der Waals surface area contributed by atoms with Crippen molar-refractivity contribution < 1.29 is 32.2 Å². The molecule has 0 bridgehead atoms. The molecule has 4 atom stereocenters. The number of ether oxygens (including phenoxy) is 1. The summed E-state index contributed by atoms with van der Waals surface area (Å²) in [4.78, 5) is 11.2. The predicted molar refractivity (Wildman–Crippen MR) is 65.3 cm³/mol. The predicted octanol–water partition coefficient (Wildman–Crippen LogP) is 3.35. The molecule has 1 aromatic carbocycles. The molecule has 0 unspecified atom stereocenters. The summed E-state index contributed by atoms with van der Waals surface area (Å²) in [5.74, 6) is -4.14. The Bertz CT molecular complexity index is 540. The molecule has 1 heterocycles. The average Bonchev–Trinajstić information content (AvgIpc) is 2.65. The lowest BCUT2D eigenvalue weighted by molar-refractivity contribution is -0.273. The number of hydrogen-bond acceptors (Lipinski definition) is 2. The fraction of sp³-hybridized carbons (Fsp3) is 0.500. The third-order valence-corrected chi connectivity index (χ3v) is 4.17. The molecule has 0 aromatic heterocycles.